The summed E-state index contributed by atoms with van der Waals surface area (Å²) in [6, 6.07) is 6.10. The number of rotatable bonds is 6. The Morgan fingerprint density at radius 1 is 1.16 bits per heavy atom. The fourth-order valence-corrected chi connectivity index (χ4v) is 2.57. The van der Waals surface area contributed by atoms with Gasteiger partial charge in [-0.1, -0.05) is 13.0 Å². The van der Waals surface area contributed by atoms with Gasteiger partial charge in [-0.15, -0.1) is 0 Å². The van der Waals surface area contributed by atoms with Gasteiger partial charge < -0.3 is 15.5 Å². The lowest BCUT2D eigenvalue weighted by atomic mass is 9.97. The van der Waals surface area contributed by atoms with Gasteiger partial charge >= 0.3 is 0 Å². The first-order valence-corrected chi connectivity index (χ1v) is 7.49. The third-order valence-corrected chi connectivity index (χ3v) is 3.83. The minimum atomic E-state index is 0.785. The molecular weight excluding hydrogens is 236 g/mol. The first-order valence-electron chi connectivity index (χ1n) is 7.49. The van der Waals surface area contributed by atoms with E-state index in [9.17, 15) is 0 Å². The lowest BCUT2D eigenvalue weighted by molar-refractivity contribution is 0.198. The first-order chi connectivity index (χ1) is 9.31. The van der Waals surface area contributed by atoms with Crippen LogP contribution in [0.1, 0.15) is 26.7 Å². The van der Waals surface area contributed by atoms with Gasteiger partial charge in [0, 0.05) is 13.1 Å². The van der Waals surface area contributed by atoms with Gasteiger partial charge in [-0.3, -0.25) is 0 Å². The molecule has 4 heteroatoms. The Balaban J connectivity index is 1.77. The van der Waals surface area contributed by atoms with Crippen molar-refractivity contribution in [1.29, 1.82) is 0 Å². The van der Waals surface area contributed by atoms with E-state index in [2.05, 4.69) is 34.4 Å². The Bertz CT molecular complexity index is 372. The number of nitrogens with zero attached hydrogens (tertiary/aromatic N) is 2. The molecule has 1 aliphatic heterocycles. The molecule has 2 rings (SSSR count). The lowest BCUT2D eigenvalue weighted by Gasteiger charge is -2.31. The Morgan fingerprint density at radius 3 is 2.47 bits per heavy atom. The average molecular weight is 262 g/mol. The molecule has 1 aromatic heterocycles. The maximum atomic E-state index is 4.55. The van der Waals surface area contributed by atoms with E-state index in [1.807, 2.05) is 18.2 Å². The molecule has 4 nitrogen and oxygen atoms in total. The zero-order valence-electron chi connectivity index (χ0n) is 12.2. The molecule has 0 aliphatic carbocycles. The highest BCUT2D eigenvalue weighted by Gasteiger charge is 2.17. The summed E-state index contributed by atoms with van der Waals surface area (Å²) in [5.74, 6) is 2.72. The molecule has 1 aromatic rings. The number of pyridine rings is 1. The molecule has 0 spiro atoms. The molecular formula is C15H26N4. The molecule has 1 saturated heterocycles. The van der Waals surface area contributed by atoms with Crippen molar-refractivity contribution in [2.45, 2.75) is 26.7 Å². The van der Waals surface area contributed by atoms with Crippen molar-refractivity contribution in [1.82, 2.24) is 9.88 Å². The van der Waals surface area contributed by atoms with Crippen LogP contribution in [0.25, 0.3) is 0 Å². The molecule has 0 saturated carbocycles. The summed E-state index contributed by atoms with van der Waals surface area (Å²) >= 11 is 0. The van der Waals surface area contributed by atoms with E-state index >= 15 is 0 Å². The van der Waals surface area contributed by atoms with Crippen LogP contribution in [0.2, 0.25) is 0 Å². The second-order valence-electron chi connectivity index (χ2n) is 5.20. The van der Waals surface area contributed by atoms with Gasteiger partial charge in [0.2, 0.25) is 0 Å². The highest BCUT2D eigenvalue weighted by Crippen LogP contribution is 2.18. The third kappa shape index (κ3) is 4.39. The largest absolute Gasteiger partial charge is 0.370 e. The second kappa shape index (κ2) is 7.34. The molecule has 0 amide bonds. The van der Waals surface area contributed by atoms with Crippen molar-refractivity contribution in [3.63, 3.8) is 0 Å². The monoisotopic (exact) mass is 262 g/mol. The van der Waals surface area contributed by atoms with E-state index in [4.69, 9.17) is 0 Å². The molecule has 0 unspecified atom stereocenters. The summed E-state index contributed by atoms with van der Waals surface area (Å²) in [5.41, 5.74) is 0. The summed E-state index contributed by atoms with van der Waals surface area (Å²) in [6.07, 6.45) is 2.60. The van der Waals surface area contributed by atoms with Crippen LogP contribution in [0.4, 0.5) is 11.6 Å². The number of hydrogen-bond donors (Lipinski definition) is 2. The summed E-state index contributed by atoms with van der Waals surface area (Å²) in [5, 5.41) is 6.72. The van der Waals surface area contributed by atoms with E-state index in [0.29, 0.717) is 0 Å². The molecule has 106 valence electrons. The molecule has 0 atom stereocenters. The normalized spacial score (nSPS) is 17.4. The van der Waals surface area contributed by atoms with E-state index in [1.54, 1.807) is 0 Å². The van der Waals surface area contributed by atoms with E-state index in [-0.39, 0.29) is 0 Å². The number of hydrogen-bond acceptors (Lipinski definition) is 4. The highest BCUT2D eigenvalue weighted by atomic mass is 15.1. The Labute approximate surface area is 116 Å². The summed E-state index contributed by atoms with van der Waals surface area (Å²) in [7, 11) is 0. The van der Waals surface area contributed by atoms with Crippen molar-refractivity contribution in [3.8, 4) is 0 Å². The summed E-state index contributed by atoms with van der Waals surface area (Å²) in [4.78, 5) is 7.07. The lowest BCUT2D eigenvalue weighted by Crippen LogP contribution is -2.35. The highest BCUT2D eigenvalue weighted by molar-refractivity contribution is 5.44. The fraction of sp³-hybridized carbons (Fsp3) is 0.667. The van der Waals surface area contributed by atoms with Crippen LogP contribution < -0.4 is 10.6 Å². The van der Waals surface area contributed by atoms with Gasteiger partial charge in [-0.25, -0.2) is 4.98 Å². The van der Waals surface area contributed by atoms with Crippen molar-refractivity contribution >= 4 is 11.6 Å². The molecule has 0 radical (unpaired) electrons. The number of aromatic nitrogens is 1. The van der Waals surface area contributed by atoms with Crippen LogP contribution in [0, 0.1) is 5.92 Å². The standard InChI is InChI=1S/C15H26N4/c1-3-16-14-6-5-7-15(18-14)17-12-13-8-10-19(4-2)11-9-13/h5-7,13H,3-4,8-12H2,1-2H3,(H2,16,17,18). The van der Waals surface area contributed by atoms with Crippen LogP contribution >= 0.6 is 0 Å². The molecule has 1 fully saturated rings. The predicted molar refractivity (Wildman–Crippen MR) is 81.7 cm³/mol. The number of anilines is 2. The summed E-state index contributed by atoms with van der Waals surface area (Å²) in [6.45, 7) is 9.96. The SMILES string of the molecule is CCNc1cccc(NCC2CCN(CC)CC2)n1. The van der Waals surface area contributed by atoms with Crippen molar-refractivity contribution in [2.75, 3.05) is 43.4 Å². The Hall–Kier alpha value is -1.29. The molecule has 0 aromatic carbocycles. The van der Waals surface area contributed by atoms with Crippen molar-refractivity contribution in [3.05, 3.63) is 18.2 Å². The van der Waals surface area contributed by atoms with Gasteiger partial charge in [0.05, 0.1) is 0 Å². The van der Waals surface area contributed by atoms with Gasteiger partial charge in [-0.2, -0.15) is 0 Å². The van der Waals surface area contributed by atoms with E-state index < -0.39 is 0 Å². The van der Waals surface area contributed by atoms with E-state index in [1.165, 1.54) is 32.5 Å². The van der Waals surface area contributed by atoms with Crippen LogP contribution in [0.3, 0.4) is 0 Å². The topological polar surface area (TPSA) is 40.2 Å². The third-order valence-electron chi connectivity index (χ3n) is 3.83. The molecule has 2 heterocycles. The average Bonchev–Trinajstić information content (AvgIpc) is 2.46. The smallest absolute Gasteiger partial charge is 0.128 e. The minimum Gasteiger partial charge on any atom is -0.370 e. The number of likely N-dealkylation sites (tertiary alicyclic amines) is 1. The molecule has 1 aliphatic rings. The van der Waals surface area contributed by atoms with Crippen LogP contribution in [0.15, 0.2) is 18.2 Å². The molecule has 2 N–H and O–H groups in total. The maximum Gasteiger partial charge on any atom is 0.128 e. The zero-order chi connectivity index (χ0) is 13.5. The Morgan fingerprint density at radius 2 is 1.84 bits per heavy atom. The quantitative estimate of drug-likeness (QED) is 0.827. The Kier molecular flexibility index (Phi) is 5.45. The van der Waals surface area contributed by atoms with Crippen molar-refractivity contribution in [2.24, 2.45) is 5.92 Å². The fourth-order valence-electron chi connectivity index (χ4n) is 2.57. The van der Waals surface area contributed by atoms with Gasteiger partial charge in [0.25, 0.3) is 0 Å². The van der Waals surface area contributed by atoms with E-state index in [0.717, 1.165) is 30.6 Å². The number of piperidine rings is 1. The predicted octanol–water partition coefficient (Wildman–Crippen LogP) is 2.66. The summed E-state index contributed by atoms with van der Waals surface area (Å²) < 4.78 is 0. The molecule has 19 heavy (non-hydrogen) atoms. The maximum absolute atomic E-state index is 4.55. The zero-order valence-corrected chi connectivity index (χ0v) is 12.2. The second-order valence-corrected chi connectivity index (χ2v) is 5.20. The van der Waals surface area contributed by atoms with Gasteiger partial charge in [-0.05, 0) is 57.5 Å². The number of nitrogens with one attached hydrogen (secondary N) is 2. The van der Waals surface area contributed by atoms with Crippen LogP contribution in [-0.2, 0) is 0 Å². The minimum absolute atomic E-state index is 0.785. The van der Waals surface area contributed by atoms with Crippen LogP contribution in [0.5, 0.6) is 0 Å². The van der Waals surface area contributed by atoms with Gasteiger partial charge in [0.1, 0.15) is 11.6 Å². The van der Waals surface area contributed by atoms with Gasteiger partial charge in [0.15, 0.2) is 0 Å². The first kappa shape index (κ1) is 14.1. The molecule has 0 bridgehead atoms. The van der Waals surface area contributed by atoms with Crippen molar-refractivity contribution < 1.29 is 0 Å². The van der Waals surface area contributed by atoms with Crippen LogP contribution in [-0.4, -0.2) is 42.6 Å².